The van der Waals surface area contributed by atoms with E-state index in [0.717, 1.165) is 38.5 Å². The molecule has 0 aromatic heterocycles. The molecular formula is C18H24O3. The van der Waals surface area contributed by atoms with E-state index in [9.17, 15) is 15.3 Å². The Balaban J connectivity index is 1.73. The summed E-state index contributed by atoms with van der Waals surface area (Å²) in [5, 5.41) is 29.7. The Morgan fingerprint density at radius 1 is 1.14 bits per heavy atom. The third-order valence-corrected chi connectivity index (χ3v) is 6.57. The number of hydrogen-bond donors (Lipinski definition) is 3. The van der Waals surface area contributed by atoms with Crippen LogP contribution in [0.4, 0.5) is 0 Å². The molecule has 0 radical (unpaired) electrons. The summed E-state index contributed by atoms with van der Waals surface area (Å²) in [6.07, 6.45) is 6.19. The first-order valence-corrected chi connectivity index (χ1v) is 8.21. The second kappa shape index (κ2) is 4.39. The summed E-state index contributed by atoms with van der Waals surface area (Å²) >= 11 is 0. The minimum absolute atomic E-state index is 0.00383. The maximum atomic E-state index is 10.1. The molecule has 2 fully saturated rings. The number of rotatable bonds is 0. The average Bonchev–Trinajstić information content (AvgIpc) is 2.74. The third kappa shape index (κ3) is 1.90. The van der Waals surface area contributed by atoms with Crippen molar-refractivity contribution in [1.82, 2.24) is 0 Å². The number of phenols is 2. The zero-order valence-corrected chi connectivity index (χ0v) is 12.5. The van der Waals surface area contributed by atoms with Crippen LogP contribution in [0.3, 0.4) is 0 Å². The van der Waals surface area contributed by atoms with Crippen LogP contribution in [0.2, 0.25) is 0 Å². The predicted octanol–water partition coefficient (Wildman–Crippen LogP) is 3.31. The summed E-state index contributed by atoms with van der Waals surface area (Å²) in [4.78, 5) is 0. The van der Waals surface area contributed by atoms with E-state index in [4.69, 9.17) is 0 Å². The molecule has 0 unspecified atom stereocenters. The highest BCUT2D eigenvalue weighted by Gasteiger charge is 2.52. The topological polar surface area (TPSA) is 60.7 Å². The molecule has 3 heteroatoms. The zero-order chi connectivity index (χ0) is 14.8. The van der Waals surface area contributed by atoms with E-state index in [1.54, 1.807) is 12.1 Å². The molecule has 0 aliphatic heterocycles. The van der Waals surface area contributed by atoms with Crippen LogP contribution in [0.25, 0.3) is 0 Å². The molecule has 0 saturated heterocycles. The molecule has 114 valence electrons. The molecule has 3 aliphatic rings. The lowest BCUT2D eigenvalue weighted by Gasteiger charge is -2.49. The van der Waals surface area contributed by atoms with Crippen molar-refractivity contribution >= 4 is 0 Å². The van der Waals surface area contributed by atoms with E-state index in [-0.39, 0.29) is 17.6 Å². The summed E-state index contributed by atoms with van der Waals surface area (Å²) < 4.78 is 0. The van der Waals surface area contributed by atoms with Crippen LogP contribution >= 0.6 is 0 Å². The second-order valence-corrected chi connectivity index (χ2v) is 7.74. The first kappa shape index (κ1) is 13.4. The molecule has 0 spiro atoms. The molecule has 1 aromatic carbocycles. The van der Waals surface area contributed by atoms with Crippen LogP contribution in [0.1, 0.15) is 56.1 Å². The monoisotopic (exact) mass is 288 g/mol. The van der Waals surface area contributed by atoms with Crippen molar-refractivity contribution < 1.29 is 15.3 Å². The number of aromatic hydroxyl groups is 2. The van der Waals surface area contributed by atoms with E-state index >= 15 is 0 Å². The summed E-state index contributed by atoms with van der Waals surface area (Å²) in [6.45, 7) is 2.36. The van der Waals surface area contributed by atoms with Crippen molar-refractivity contribution in [2.45, 2.75) is 57.5 Å². The highest BCUT2D eigenvalue weighted by atomic mass is 16.3. The average molecular weight is 288 g/mol. The van der Waals surface area contributed by atoms with Gasteiger partial charge in [-0.15, -0.1) is 0 Å². The quantitative estimate of drug-likeness (QED) is 0.642. The number of aliphatic hydroxyl groups excluding tert-OH is 1. The minimum atomic E-state index is -0.131. The van der Waals surface area contributed by atoms with E-state index in [1.807, 2.05) is 0 Å². The third-order valence-electron chi connectivity index (χ3n) is 6.57. The number of fused-ring (bicyclic) bond motifs is 5. The van der Waals surface area contributed by atoms with Gasteiger partial charge in [0.15, 0.2) is 11.5 Å². The Bertz CT molecular complexity index is 582. The van der Waals surface area contributed by atoms with Crippen molar-refractivity contribution in [1.29, 1.82) is 0 Å². The van der Waals surface area contributed by atoms with Gasteiger partial charge >= 0.3 is 0 Å². The predicted molar refractivity (Wildman–Crippen MR) is 80.4 cm³/mol. The lowest BCUT2D eigenvalue weighted by molar-refractivity contribution is 0.0595. The largest absolute Gasteiger partial charge is 0.504 e. The first-order chi connectivity index (χ1) is 9.98. The fourth-order valence-corrected chi connectivity index (χ4v) is 5.62. The van der Waals surface area contributed by atoms with Gasteiger partial charge < -0.3 is 15.3 Å². The number of aliphatic hydroxyl groups is 1. The van der Waals surface area contributed by atoms with Crippen molar-refractivity contribution in [3.05, 3.63) is 23.3 Å². The first-order valence-electron chi connectivity index (χ1n) is 8.21. The van der Waals surface area contributed by atoms with Gasteiger partial charge in [0.1, 0.15) is 0 Å². The number of hydrogen-bond acceptors (Lipinski definition) is 3. The summed E-state index contributed by atoms with van der Waals surface area (Å²) in [5.74, 6) is 1.73. The van der Waals surface area contributed by atoms with Gasteiger partial charge in [0, 0.05) is 0 Å². The highest BCUT2D eigenvalue weighted by molar-refractivity contribution is 5.48. The maximum absolute atomic E-state index is 10.1. The summed E-state index contributed by atoms with van der Waals surface area (Å²) in [6, 6.07) is 3.54. The fraction of sp³-hybridized carbons (Fsp3) is 0.667. The molecule has 4 rings (SSSR count). The molecule has 0 amide bonds. The summed E-state index contributed by atoms with van der Waals surface area (Å²) in [7, 11) is 0. The number of benzene rings is 1. The van der Waals surface area contributed by atoms with Crippen molar-refractivity contribution in [2.24, 2.45) is 17.3 Å². The molecule has 3 aliphatic carbocycles. The zero-order valence-electron chi connectivity index (χ0n) is 12.5. The molecule has 0 bridgehead atoms. The van der Waals surface area contributed by atoms with Gasteiger partial charge in [0.2, 0.25) is 0 Å². The van der Waals surface area contributed by atoms with E-state index in [0.29, 0.717) is 23.2 Å². The minimum Gasteiger partial charge on any atom is -0.504 e. The fourth-order valence-electron chi connectivity index (χ4n) is 5.62. The van der Waals surface area contributed by atoms with E-state index in [2.05, 4.69) is 6.92 Å². The maximum Gasteiger partial charge on any atom is 0.157 e. The summed E-state index contributed by atoms with van der Waals surface area (Å²) in [5.41, 5.74) is 2.75. The van der Waals surface area contributed by atoms with Gasteiger partial charge in [0.25, 0.3) is 0 Å². The normalized spacial score (nSPS) is 41.2. The van der Waals surface area contributed by atoms with Gasteiger partial charge in [-0.05, 0) is 85.0 Å². The van der Waals surface area contributed by atoms with Crippen molar-refractivity contribution in [2.75, 3.05) is 0 Å². The molecule has 3 N–H and O–H groups in total. The van der Waals surface area contributed by atoms with Gasteiger partial charge in [-0.2, -0.15) is 0 Å². The van der Waals surface area contributed by atoms with E-state index < -0.39 is 0 Å². The lowest BCUT2D eigenvalue weighted by Crippen LogP contribution is -2.39. The smallest absolute Gasteiger partial charge is 0.157 e. The highest BCUT2D eigenvalue weighted by Crippen LogP contribution is 2.61. The van der Waals surface area contributed by atoms with Crippen molar-refractivity contribution in [3.8, 4) is 11.5 Å². The Kier molecular flexibility index (Phi) is 2.81. The standard InChI is InChI=1S/C18H24O3/c1-18-5-4-12-13(15(18)7-11(19)9-18)3-2-10-6-16(20)17(21)8-14(10)12/h6,8,11-13,15,19-21H,2-5,7,9H2,1H3/t11-,12+,13-,15+,18-/m1/s1. The molecule has 2 saturated carbocycles. The lowest BCUT2D eigenvalue weighted by atomic mass is 9.56. The molecular weight excluding hydrogens is 264 g/mol. The van der Waals surface area contributed by atoms with Crippen LogP contribution in [0.5, 0.6) is 11.5 Å². The Morgan fingerprint density at radius 2 is 1.90 bits per heavy atom. The Hall–Kier alpha value is -1.22. The SMILES string of the molecule is C[C@]12CC[C@@H]3c4cc(O)c(O)cc4CC[C@H]3[C@@H]1C[C@@H](O)C2. The van der Waals surface area contributed by atoms with Crippen LogP contribution in [0.15, 0.2) is 12.1 Å². The van der Waals surface area contributed by atoms with Gasteiger partial charge in [0.05, 0.1) is 6.10 Å². The Labute approximate surface area is 125 Å². The van der Waals surface area contributed by atoms with Crippen LogP contribution in [-0.2, 0) is 6.42 Å². The number of aryl methyl sites for hydroxylation is 1. The molecule has 1 aromatic rings. The molecule has 21 heavy (non-hydrogen) atoms. The van der Waals surface area contributed by atoms with Crippen LogP contribution < -0.4 is 0 Å². The van der Waals surface area contributed by atoms with Crippen LogP contribution in [-0.4, -0.2) is 21.4 Å². The second-order valence-electron chi connectivity index (χ2n) is 7.74. The molecule has 5 atom stereocenters. The van der Waals surface area contributed by atoms with Crippen LogP contribution in [0, 0.1) is 17.3 Å². The molecule has 0 heterocycles. The number of phenolic OH excluding ortho intramolecular Hbond substituents is 2. The van der Waals surface area contributed by atoms with Crippen molar-refractivity contribution in [3.63, 3.8) is 0 Å². The van der Waals surface area contributed by atoms with E-state index in [1.165, 1.54) is 11.1 Å². The molecule has 3 nitrogen and oxygen atoms in total. The van der Waals surface area contributed by atoms with Gasteiger partial charge in [-0.25, -0.2) is 0 Å². The van der Waals surface area contributed by atoms with Gasteiger partial charge in [-0.3, -0.25) is 0 Å². The Morgan fingerprint density at radius 3 is 2.71 bits per heavy atom. The van der Waals surface area contributed by atoms with Gasteiger partial charge in [-0.1, -0.05) is 6.92 Å².